The zero-order valence-corrected chi connectivity index (χ0v) is 9.78. The summed E-state index contributed by atoms with van der Waals surface area (Å²) in [5.74, 6) is -0.590. The topological polar surface area (TPSA) is 34.2 Å². The number of nitrogens with one attached hydrogen (secondary N) is 1. The SMILES string of the molecule is CNc1ncccc1COc1cc(F)ccc1F. The predicted molar refractivity (Wildman–Crippen MR) is 64.5 cm³/mol. The minimum atomic E-state index is -0.591. The minimum Gasteiger partial charge on any atom is -0.486 e. The fraction of sp³-hybridized carbons (Fsp3) is 0.154. The Balaban J connectivity index is 2.14. The molecule has 1 heterocycles. The van der Waals surface area contributed by atoms with Crippen molar-refractivity contribution in [2.24, 2.45) is 0 Å². The van der Waals surface area contributed by atoms with Crippen molar-refractivity contribution in [2.45, 2.75) is 6.61 Å². The Morgan fingerprint density at radius 1 is 1.28 bits per heavy atom. The third-order valence-corrected chi connectivity index (χ3v) is 2.40. The van der Waals surface area contributed by atoms with E-state index < -0.39 is 11.6 Å². The fourth-order valence-electron chi connectivity index (χ4n) is 1.52. The van der Waals surface area contributed by atoms with Crippen LogP contribution in [0.1, 0.15) is 5.56 Å². The molecule has 0 radical (unpaired) electrons. The van der Waals surface area contributed by atoms with E-state index in [1.807, 2.05) is 0 Å². The first-order valence-electron chi connectivity index (χ1n) is 5.40. The van der Waals surface area contributed by atoms with Crippen LogP contribution in [0.5, 0.6) is 5.75 Å². The molecular formula is C13H12F2N2O. The number of aromatic nitrogens is 1. The lowest BCUT2D eigenvalue weighted by molar-refractivity contribution is 0.288. The van der Waals surface area contributed by atoms with Gasteiger partial charge in [-0.1, -0.05) is 6.07 Å². The molecule has 0 saturated heterocycles. The Morgan fingerprint density at radius 2 is 2.11 bits per heavy atom. The van der Waals surface area contributed by atoms with Gasteiger partial charge >= 0.3 is 0 Å². The summed E-state index contributed by atoms with van der Waals surface area (Å²) in [4.78, 5) is 4.09. The van der Waals surface area contributed by atoms with Crippen molar-refractivity contribution < 1.29 is 13.5 Å². The molecule has 0 fully saturated rings. The molecule has 0 bridgehead atoms. The van der Waals surface area contributed by atoms with Crippen LogP contribution in [0.15, 0.2) is 36.5 Å². The molecule has 0 aliphatic carbocycles. The Bertz CT molecular complexity index is 546. The quantitative estimate of drug-likeness (QED) is 0.905. The average Bonchev–Trinajstić information content (AvgIpc) is 2.40. The van der Waals surface area contributed by atoms with Gasteiger partial charge in [0, 0.05) is 24.9 Å². The van der Waals surface area contributed by atoms with Gasteiger partial charge in [-0.15, -0.1) is 0 Å². The van der Waals surface area contributed by atoms with Gasteiger partial charge in [-0.25, -0.2) is 13.8 Å². The molecule has 5 heteroatoms. The van der Waals surface area contributed by atoms with Crippen molar-refractivity contribution in [1.82, 2.24) is 4.98 Å². The lowest BCUT2D eigenvalue weighted by atomic mass is 10.2. The number of nitrogens with zero attached hydrogens (tertiary/aromatic N) is 1. The maximum atomic E-state index is 13.3. The number of pyridine rings is 1. The second-order valence-corrected chi connectivity index (χ2v) is 3.62. The molecule has 94 valence electrons. The molecule has 1 N–H and O–H groups in total. The van der Waals surface area contributed by atoms with Gasteiger partial charge in [-0.3, -0.25) is 0 Å². The van der Waals surface area contributed by atoms with Crippen LogP contribution >= 0.6 is 0 Å². The van der Waals surface area contributed by atoms with E-state index in [0.29, 0.717) is 5.82 Å². The van der Waals surface area contributed by atoms with Crippen LogP contribution in [0, 0.1) is 11.6 Å². The van der Waals surface area contributed by atoms with Crippen LogP contribution in [0.2, 0.25) is 0 Å². The monoisotopic (exact) mass is 250 g/mol. The molecule has 3 nitrogen and oxygen atoms in total. The lowest BCUT2D eigenvalue weighted by Crippen LogP contribution is -2.03. The third kappa shape index (κ3) is 2.74. The summed E-state index contributed by atoms with van der Waals surface area (Å²) in [5.41, 5.74) is 0.767. The van der Waals surface area contributed by atoms with Crippen LogP contribution in [-0.2, 0) is 6.61 Å². The average molecular weight is 250 g/mol. The summed E-state index contributed by atoms with van der Waals surface area (Å²) in [5, 5.41) is 2.90. The minimum absolute atomic E-state index is 0.110. The number of rotatable bonds is 4. The van der Waals surface area contributed by atoms with Crippen molar-refractivity contribution >= 4 is 5.82 Å². The first-order valence-corrected chi connectivity index (χ1v) is 5.40. The molecule has 0 atom stereocenters. The Hall–Kier alpha value is -2.17. The molecule has 0 aliphatic rings. The zero-order valence-electron chi connectivity index (χ0n) is 9.78. The van der Waals surface area contributed by atoms with E-state index in [1.165, 1.54) is 0 Å². The van der Waals surface area contributed by atoms with E-state index in [4.69, 9.17) is 4.74 Å². The highest BCUT2D eigenvalue weighted by Gasteiger charge is 2.07. The lowest BCUT2D eigenvalue weighted by Gasteiger charge is -2.10. The molecule has 0 saturated carbocycles. The highest BCUT2D eigenvalue weighted by Crippen LogP contribution is 2.20. The first-order chi connectivity index (χ1) is 8.70. The largest absolute Gasteiger partial charge is 0.486 e. The number of halogens is 2. The third-order valence-electron chi connectivity index (χ3n) is 2.40. The molecule has 2 rings (SSSR count). The summed E-state index contributed by atoms with van der Waals surface area (Å²) in [7, 11) is 1.73. The smallest absolute Gasteiger partial charge is 0.165 e. The standard InChI is InChI=1S/C13H12F2N2O/c1-16-13-9(3-2-6-17-13)8-18-12-7-10(14)4-5-11(12)15/h2-7H,8H2,1H3,(H,16,17). The van der Waals surface area contributed by atoms with Gasteiger partial charge in [0.15, 0.2) is 11.6 Å². The summed E-state index contributed by atoms with van der Waals surface area (Å²) in [6, 6.07) is 6.65. The van der Waals surface area contributed by atoms with Crippen molar-refractivity contribution in [2.75, 3.05) is 12.4 Å². The molecule has 0 amide bonds. The summed E-state index contributed by atoms with van der Waals surface area (Å²) >= 11 is 0. The summed E-state index contributed by atoms with van der Waals surface area (Å²) in [6.07, 6.45) is 1.64. The fourth-order valence-corrected chi connectivity index (χ4v) is 1.52. The van der Waals surface area contributed by atoms with Crippen molar-refractivity contribution in [3.05, 3.63) is 53.7 Å². The molecule has 0 unspecified atom stereocenters. The van der Waals surface area contributed by atoms with Gasteiger partial charge in [-0.05, 0) is 18.2 Å². The van der Waals surface area contributed by atoms with Crippen molar-refractivity contribution in [3.63, 3.8) is 0 Å². The predicted octanol–water partition coefficient (Wildman–Crippen LogP) is 2.98. The van der Waals surface area contributed by atoms with Crippen LogP contribution in [0.4, 0.5) is 14.6 Å². The van der Waals surface area contributed by atoms with E-state index in [0.717, 1.165) is 23.8 Å². The number of benzene rings is 1. The molecule has 1 aromatic carbocycles. The van der Waals surface area contributed by atoms with Gasteiger partial charge in [0.2, 0.25) is 0 Å². The molecule has 1 aromatic heterocycles. The van der Waals surface area contributed by atoms with Crippen molar-refractivity contribution in [3.8, 4) is 5.75 Å². The maximum Gasteiger partial charge on any atom is 0.165 e. The van der Waals surface area contributed by atoms with E-state index in [1.54, 1.807) is 25.4 Å². The van der Waals surface area contributed by atoms with Crippen LogP contribution in [0.25, 0.3) is 0 Å². The van der Waals surface area contributed by atoms with E-state index in [9.17, 15) is 8.78 Å². The van der Waals surface area contributed by atoms with Gasteiger partial charge in [0.25, 0.3) is 0 Å². The summed E-state index contributed by atoms with van der Waals surface area (Å²) < 4.78 is 31.5. The Kier molecular flexibility index (Phi) is 3.72. The molecule has 18 heavy (non-hydrogen) atoms. The first kappa shape index (κ1) is 12.3. The van der Waals surface area contributed by atoms with Gasteiger partial charge in [0.05, 0.1) is 0 Å². The summed E-state index contributed by atoms with van der Waals surface area (Å²) in [6.45, 7) is 0.115. The van der Waals surface area contributed by atoms with Gasteiger partial charge < -0.3 is 10.1 Å². The van der Waals surface area contributed by atoms with E-state index in [2.05, 4.69) is 10.3 Å². The van der Waals surface area contributed by atoms with Crippen LogP contribution < -0.4 is 10.1 Å². The van der Waals surface area contributed by atoms with Gasteiger partial charge in [0.1, 0.15) is 18.2 Å². The zero-order chi connectivity index (χ0) is 13.0. The second kappa shape index (κ2) is 5.44. The number of ether oxygens (including phenoxy) is 1. The molecular weight excluding hydrogens is 238 g/mol. The van der Waals surface area contributed by atoms with Crippen LogP contribution in [0.3, 0.4) is 0 Å². The molecule has 0 aliphatic heterocycles. The van der Waals surface area contributed by atoms with Gasteiger partial charge in [-0.2, -0.15) is 0 Å². The number of anilines is 1. The molecule has 0 spiro atoms. The normalized spacial score (nSPS) is 10.2. The Labute approximate surface area is 103 Å². The number of hydrogen-bond donors (Lipinski definition) is 1. The van der Waals surface area contributed by atoms with E-state index >= 15 is 0 Å². The highest BCUT2D eigenvalue weighted by molar-refractivity contribution is 5.42. The second-order valence-electron chi connectivity index (χ2n) is 3.62. The maximum absolute atomic E-state index is 13.3. The van der Waals surface area contributed by atoms with Crippen molar-refractivity contribution in [1.29, 1.82) is 0 Å². The van der Waals surface area contributed by atoms with E-state index in [-0.39, 0.29) is 12.4 Å². The van der Waals surface area contributed by atoms with Crippen LogP contribution in [-0.4, -0.2) is 12.0 Å². The number of hydrogen-bond acceptors (Lipinski definition) is 3. The molecule has 2 aromatic rings. The Morgan fingerprint density at radius 3 is 2.89 bits per heavy atom. The highest BCUT2D eigenvalue weighted by atomic mass is 19.1.